The van der Waals surface area contributed by atoms with Crippen molar-refractivity contribution in [2.75, 3.05) is 5.32 Å². The van der Waals surface area contributed by atoms with Crippen molar-refractivity contribution in [3.63, 3.8) is 0 Å². The molecule has 1 saturated carbocycles. The van der Waals surface area contributed by atoms with Crippen LogP contribution in [0.4, 0.5) is 10.5 Å². The Hall–Kier alpha value is -3.32. The number of nitrogens with one attached hydrogen (secondary N) is 1. The number of halogens is 1. The van der Waals surface area contributed by atoms with Gasteiger partial charge in [-0.1, -0.05) is 53.3 Å². The Bertz CT molecular complexity index is 1400. The molecule has 3 aromatic rings. The zero-order valence-corrected chi connectivity index (χ0v) is 19.3. The van der Waals surface area contributed by atoms with E-state index >= 15 is 0 Å². The van der Waals surface area contributed by atoms with E-state index in [0.717, 1.165) is 46.1 Å². The maximum atomic E-state index is 12.2. The highest BCUT2D eigenvalue weighted by molar-refractivity contribution is 7.14. The van der Waals surface area contributed by atoms with Crippen molar-refractivity contribution >= 4 is 58.2 Å². The molecule has 33 heavy (non-hydrogen) atoms. The number of hydrogen-bond donors (Lipinski definition) is 1. The molecule has 1 aliphatic carbocycles. The van der Waals surface area contributed by atoms with E-state index in [2.05, 4.69) is 21.5 Å². The minimum absolute atomic E-state index is 0.0367. The molecule has 164 valence electrons. The van der Waals surface area contributed by atoms with Crippen LogP contribution in [0.25, 0.3) is 6.08 Å². The standard InChI is InChI=1S/C23H14ClN3O4S2/c24-19-18(25-22(29)30-12-13-4-2-1-3-5-13)16(33-26-19)7-6-15-10-14-11-17-23(8-9-23)21(28)27(17)31-20(14)32-15/h1-5,10-11H,8-9,12H2,(H,25,29). The van der Waals surface area contributed by atoms with Crippen LogP contribution in [-0.2, 0) is 16.1 Å². The summed E-state index contributed by atoms with van der Waals surface area (Å²) in [6.45, 7) is 0.139. The molecule has 1 saturated heterocycles. The molecular formula is C23H14ClN3O4S2. The predicted molar refractivity (Wildman–Crippen MR) is 125 cm³/mol. The number of carbonyl (C=O) groups is 2. The van der Waals surface area contributed by atoms with E-state index in [1.165, 1.54) is 16.4 Å². The Labute approximate surface area is 201 Å². The molecule has 2 aliphatic heterocycles. The number of fused-ring (bicyclic) bond motifs is 3. The Morgan fingerprint density at radius 3 is 2.91 bits per heavy atom. The lowest BCUT2D eigenvalue weighted by atomic mass is 9.90. The second-order valence-corrected chi connectivity index (χ2v) is 9.92. The lowest BCUT2D eigenvalue weighted by Gasteiger charge is -2.41. The maximum absolute atomic E-state index is 12.2. The zero-order valence-electron chi connectivity index (χ0n) is 16.9. The van der Waals surface area contributed by atoms with Crippen LogP contribution >= 0.6 is 34.5 Å². The lowest BCUT2D eigenvalue weighted by Crippen LogP contribution is -2.54. The Balaban J connectivity index is 1.17. The molecule has 0 radical (unpaired) electrons. The number of anilines is 1. The molecule has 6 rings (SSSR count). The second kappa shape index (κ2) is 7.63. The number of aromatic nitrogens is 1. The van der Waals surface area contributed by atoms with Gasteiger partial charge in [-0.15, -0.1) is 5.06 Å². The smallest absolute Gasteiger partial charge is 0.412 e. The Morgan fingerprint density at radius 1 is 1.30 bits per heavy atom. The molecule has 2 amide bonds. The topological polar surface area (TPSA) is 80.8 Å². The summed E-state index contributed by atoms with van der Waals surface area (Å²) in [6, 6.07) is 11.3. The summed E-state index contributed by atoms with van der Waals surface area (Å²) in [5.41, 5.74) is 2.74. The van der Waals surface area contributed by atoms with Crippen LogP contribution in [0.15, 0.2) is 42.1 Å². The van der Waals surface area contributed by atoms with E-state index in [0.29, 0.717) is 15.6 Å². The first-order valence-electron chi connectivity index (χ1n) is 10.1. The number of hydroxylamine groups is 2. The summed E-state index contributed by atoms with van der Waals surface area (Å²) < 4.78 is 9.34. The van der Waals surface area contributed by atoms with Crippen molar-refractivity contribution < 1.29 is 19.2 Å². The summed E-state index contributed by atoms with van der Waals surface area (Å²) in [7, 11) is 0. The molecule has 10 heteroatoms. The van der Waals surface area contributed by atoms with Crippen LogP contribution < -0.4 is 10.2 Å². The van der Waals surface area contributed by atoms with E-state index in [4.69, 9.17) is 21.2 Å². The van der Waals surface area contributed by atoms with Gasteiger partial charge in [-0.2, -0.15) is 4.37 Å². The number of β-lactam (4-membered cyclic amide) rings is 1. The summed E-state index contributed by atoms with van der Waals surface area (Å²) in [5.74, 6) is 6.13. The minimum atomic E-state index is -0.640. The number of carbonyl (C=O) groups excluding carboxylic acids is 2. The SMILES string of the molecule is O=C(Nc1c(Cl)nsc1C#Cc1cc2c(s1)ON1C(=O)C3(CC3)C1=C2)OCc1ccccc1. The summed E-state index contributed by atoms with van der Waals surface area (Å²) in [6.07, 6.45) is 3.14. The average Bonchev–Trinajstić information content (AvgIpc) is 3.48. The highest BCUT2D eigenvalue weighted by Gasteiger charge is 2.67. The summed E-state index contributed by atoms with van der Waals surface area (Å²) >= 11 is 8.60. The largest absolute Gasteiger partial charge is 0.444 e. The third-order valence-electron chi connectivity index (χ3n) is 5.63. The van der Waals surface area contributed by atoms with Gasteiger partial charge in [0.2, 0.25) is 5.06 Å². The summed E-state index contributed by atoms with van der Waals surface area (Å²) in [5, 5.41) is 4.80. The van der Waals surface area contributed by atoms with Crippen molar-refractivity contribution in [2.45, 2.75) is 19.4 Å². The number of rotatable bonds is 3. The van der Waals surface area contributed by atoms with Gasteiger partial charge in [0.1, 0.15) is 17.2 Å². The maximum Gasteiger partial charge on any atom is 0.412 e. The fraction of sp³-hybridized carbons (Fsp3) is 0.174. The molecule has 0 bridgehead atoms. The van der Waals surface area contributed by atoms with Crippen molar-refractivity contribution in [1.82, 2.24) is 9.44 Å². The number of benzene rings is 1. The lowest BCUT2D eigenvalue weighted by molar-refractivity contribution is -0.174. The van der Waals surface area contributed by atoms with E-state index < -0.39 is 6.09 Å². The zero-order chi connectivity index (χ0) is 22.6. The number of nitrogens with zero attached hydrogens (tertiary/aromatic N) is 2. The van der Waals surface area contributed by atoms with Crippen molar-refractivity contribution in [2.24, 2.45) is 5.41 Å². The third-order valence-corrected chi connectivity index (χ3v) is 7.71. The molecule has 0 unspecified atom stereocenters. The van der Waals surface area contributed by atoms with Gasteiger partial charge in [0.05, 0.1) is 16.0 Å². The Morgan fingerprint density at radius 2 is 2.12 bits per heavy atom. The molecule has 2 fully saturated rings. The van der Waals surface area contributed by atoms with Crippen molar-refractivity contribution in [1.29, 1.82) is 0 Å². The van der Waals surface area contributed by atoms with E-state index in [-0.39, 0.29) is 23.1 Å². The van der Waals surface area contributed by atoms with Gasteiger partial charge in [-0.05, 0) is 53.9 Å². The number of ether oxygens (including phenoxy) is 1. The van der Waals surface area contributed by atoms with Gasteiger partial charge < -0.3 is 9.57 Å². The first-order chi connectivity index (χ1) is 16.0. The molecule has 1 N–H and O–H groups in total. The summed E-state index contributed by atoms with van der Waals surface area (Å²) in [4.78, 5) is 31.5. The first kappa shape index (κ1) is 20.3. The van der Waals surface area contributed by atoms with Crippen LogP contribution in [0, 0.1) is 17.3 Å². The van der Waals surface area contributed by atoms with E-state index in [1.54, 1.807) is 0 Å². The third kappa shape index (κ3) is 3.47. The van der Waals surface area contributed by atoms with Gasteiger partial charge in [0.15, 0.2) is 5.15 Å². The molecule has 7 nitrogen and oxygen atoms in total. The van der Waals surface area contributed by atoms with E-state index in [9.17, 15) is 9.59 Å². The van der Waals surface area contributed by atoms with Crippen molar-refractivity contribution in [3.8, 4) is 16.9 Å². The van der Waals surface area contributed by atoms with E-state index in [1.807, 2.05) is 42.5 Å². The molecule has 1 aromatic carbocycles. The van der Waals surface area contributed by atoms with Gasteiger partial charge in [0.25, 0.3) is 5.91 Å². The van der Waals surface area contributed by atoms with Crippen LogP contribution in [0.5, 0.6) is 5.06 Å². The molecule has 3 aliphatic rings. The molecule has 4 heterocycles. The Kier molecular flexibility index (Phi) is 4.69. The fourth-order valence-corrected chi connectivity index (χ4v) is 5.47. The highest BCUT2D eigenvalue weighted by atomic mass is 35.5. The highest BCUT2D eigenvalue weighted by Crippen LogP contribution is 2.63. The van der Waals surface area contributed by atoms with Crippen LogP contribution in [0.1, 0.15) is 33.7 Å². The van der Waals surface area contributed by atoms with Gasteiger partial charge in [-0.3, -0.25) is 10.1 Å². The molecule has 0 atom stereocenters. The quantitative estimate of drug-likeness (QED) is 0.395. The van der Waals surface area contributed by atoms with Gasteiger partial charge in [0, 0.05) is 5.56 Å². The second-order valence-electron chi connectivity index (χ2n) is 7.77. The van der Waals surface area contributed by atoms with Crippen molar-refractivity contribution in [3.05, 3.63) is 68.1 Å². The number of hydrogen-bond acceptors (Lipinski definition) is 7. The van der Waals surface area contributed by atoms with Crippen LogP contribution in [0.3, 0.4) is 0 Å². The predicted octanol–water partition coefficient (Wildman–Crippen LogP) is 5.28. The van der Waals surface area contributed by atoms with Crippen LogP contribution in [-0.4, -0.2) is 21.4 Å². The van der Waals surface area contributed by atoms with Gasteiger partial charge >= 0.3 is 6.09 Å². The van der Waals surface area contributed by atoms with Crippen LogP contribution in [0.2, 0.25) is 5.15 Å². The minimum Gasteiger partial charge on any atom is -0.444 e. The number of amides is 2. The average molecular weight is 496 g/mol. The normalized spacial score (nSPS) is 16.5. The fourth-order valence-electron chi connectivity index (χ4n) is 3.73. The molecule has 1 spiro atoms. The molecule has 2 aromatic heterocycles. The van der Waals surface area contributed by atoms with Gasteiger partial charge in [-0.25, -0.2) is 4.79 Å². The monoisotopic (exact) mass is 495 g/mol. The molecular weight excluding hydrogens is 482 g/mol. The first-order valence-corrected chi connectivity index (χ1v) is 12.0. The number of thiophene rings is 1.